The molecule has 7 amide bonds. The van der Waals surface area contributed by atoms with E-state index in [9.17, 15) is 38.7 Å². The standard InChI is InChI=1S/C74H96N16O10S/c1-46(2)62(82-59(91)25-34-99-35-31-88-60(92)23-24-61(88)93)67(95)79-56(15-11-26-76-69(75)98)66(94)78-51-19-17-50(18-20-51)38-90(47(3)4)32-28-86(29-33-90)30-36-100-74-42-71(7)39-72(8,43-74)41-73(40-71,44-74)45-89-49(6)54(37-77-89)53-21-22-58(81-63(53)68(96)97)87-27-12-13-52-48(5)64(84-85-65(52)87)83-70-80-55-14-9-10-16-57(55)101-70/h9-10,14,16-24,37,46-47,56,62H,11-13,15,25-36,38-45H2,1-8H3,(H7-,75,76,78,79,80,82,83,84,91,94,95,96,97,98)/t56-,62-,71?,72?,73?,74?/m0/s1. The first-order valence-corrected chi connectivity index (χ1v) is 36.4. The van der Waals surface area contributed by atoms with Crippen LogP contribution in [0.2, 0.25) is 0 Å². The van der Waals surface area contributed by atoms with Gasteiger partial charge in [-0.15, -0.1) is 10.2 Å². The number of aromatic carboxylic acids is 1. The number of fused-ring (bicyclic) bond motifs is 2. The van der Waals surface area contributed by atoms with Crippen LogP contribution in [-0.2, 0) is 53.0 Å². The number of nitrogens with zero attached hydrogens (tertiary/aromatic N) is 10. The lowest BCUT2D eigenvalue weighted by Crippen LogP contribution is -2.65. The van der Waals surface area contributed by atoms with Crippen LogP contribution in [0, 0.1) is 36.0 Å². The zero-order valence-corrected chi connectivity index (χ0v) is 60.1. The molecule has 4 aromatic heterocycles. The lowest BCUT2D eigenvalue weighted by atomic mass is 9.39. The highest BCUT2D eigenvalue weighted by atomic mass is 32.1. The van der Waals surface area contributed by atoms with Gasteiger partial charge in [-0.05, 0) is 150 Å². The number of imide groups is 1. The number of hydrogen-bond acceptors (Lipinski definition) is 19. The fourth-order valence-corrected chi connectivity index (χ4v) is 18.7. The molecule has 2 aromatic carbocycles. The van der Waals surface area contributed by atoms with E-state index < -0.39 is 53.6 Å². The first kappa shape index (κ1) is 72.0. The van der Waals surface area contributed by atoms with Crippen molar-refractivity contribution in [2.45, 2.75) is 163 Å². The Hall–Kier alpha value is -8.76. The van der Waals surface area contributed by atoms with Crippen LogP contribution in [0.4, 0.5) is 33.1 Å². The molecule has 6 aromatic rings. The number of para-hydroxylation sites is 1. The number of carbonyl (C=O) groups excluding carboxylic acids is 7. The van der Waals surface area contributed by atoms with E-state index in [0.717, 1.165) is 138 Å². The molecule has 4 bridgehead atoms. The molecule has 538 valence electrons. The number of anilines is 5. The number of quaternary nitrogens is 1. The Balaban J connectivity index is 0.639. The number of carbonyl (C=O) groups is 7. The Labute approximate surface area is 593 Å². The van der Waals surface area contributed by atoms with Crippen molar-refractivity contribution < 1.29 is 52.6 Å². The Morgan fingerprint density at radius 1 is 0.802 bits per heavy atom. The number of carboxylic acids is 1. The van der Waals surface area contributed by atoms with Crippen molar-refractivity contribution >= 4 is 91.4 Å². The molecule has 4 saturated carbocycles. The third-order valence-corrected chi connectivity index (χ3v) is 22.8. The van der Waals surface area contributed by atoms with Crippen LogP contribution >= 0.6 is 11.3 Å². The average Bonchev–Trinajstić information content (AvgIpc) is 0.979. The average molecular weight is 1400 g/mol. The van der Waals surface area contributed by atoms with E-state index >= 15 is 0 Å². The summed E-state index contributed by atoms with van der Waals surface area (Å²) in [6, 6.07) is 17.2. The summed E-state index contributed by atoms with van der Waals surface area (Å²) in [5.74, 6) is -2.25. The summed E-state index contributed by atoms with van der Waals surface area (Å²) < 4.78 is 16.9. The minimum atomic E-state index is -1.36. The Morgan fingerprint density at radius 2 is 1.53 bits per heavy atom. The Morgan fingerprint density at radius 3 is 2.23 bits per heavy atom. The SMILES string of the molecule is Cc1c(Nc2nc3ccccc3s2)nnc2c1CCCN2c1ccc(-c2cnn(CC34CC5(C)CC(C)(C3)CC(OCCN3CC[N+](Cc6ccc(NC(=O)[C@H](CCCNC(N)=O)NC(=O)[C@@H](NC(=O)CCOCCN7C(=O)C=CC7=O)C(C)C)cc6)(C(C)C)CC3)(C5)C4)c2C)c(C(=O)[O-])n1. The molecule has 1 saturated heterocycles. The normalized spacial score (nSPS) is 22.8. The molecule has 13 rings (SSSR count). The van der Waals surface area contributed by atoms with Gasteiger partial charge in [0.25, 0.3) is 11.8 Å². The molecule has 101 heavy (non-hydrogen) atoms. The van der Waals surface area contributed by atoms with Crippen LogP contribution in [0.5, 0.6) is 0 Å². The van der Waals surface area contributed by atoms with Crippen LogP contribution in [0.15, 0.2) is 79.0 Å². The number of carboxylic acid groups (broad SMARTS) is 1. The van der Waals surface area contributed by atoms with Gasteiger partial charge in [-0.2, -0.15) is 5.10 Å². The topological polar surface area (TPSA) is 326 Å². The zero-order valence-electron chi connectivity index (χ0n) is 59.3. The second-order valence-corrected chi connectivity index (χ2v) is 31.5. The van der Waals surface area contributed by atoms with Crippen LogP contribution < -0.4 is 42.3 Å². The van der Waals surface area contributed by atoms with Crippen LogP contribution in [0.1, 0.15) is 139 Å². The van der Waals surface area contributed by atoms with E-state index in [1.165, 1.54) is 12.2 Å². The molecular formula is C74H96N16O10S. The molecule has 0 spiro atoms. The number of amides is 7. The molecule has 26 nitrogen and oxygen atoms in total. The van der Waals surface area contributed by atoms with Gasteiger partial charge < -0.3 is 61.1 Å². The summed E-state index contributed by atoms with van der Waals surface area (Å²) in [5, 5.41) is 42.7. The number of urea groups is 1. The lowest BCUT2D eigenvalue weighted by Gasteiger charge is -2.69. The van der Waals surface area contributed by atoms with Crippen LogP contribution in [0.25, 0.3) is 21.3 Å². The van der Waals surface area contributed by atoms with E-state index in [0.29, 0.717) is 66.4 Å². The molecule has 2 unspecified atom stereocenters. The second-order valence-electron chi connectivity index (χ2n) is 30.5. The minimum absolute atomic E-state index is 0.00552. The third kappa shape index (κ3) is 16.1. The van der Waals surface area contributed by atoms with Gasteiger partial charge in [0.15, 0.2) is 16.8 Å². The van der Waals surface area contributed by atoms with Crippen molar-refractivity contribution in [3.63, 3.8) is 0 Å². The third-order valence-electron chi connectivity index (χ3n) is 21.8. The monoisotopic (exact) mass is 1400 g/mol. The largest absolute Gasteiger partial charge is 0.543 e. The maximum absolute atomic E-state index is 14.0. The number of benzene rings is 2. The molecule has 4 atom stereocenters. The number of aromatic nitrogens is 6. The fourth-order valence-electron chi connectivity index (χ4n) is 17.8. The van der Waals surface area contributed by atoms with Gasteiger partial charge in [0, 0.05) is 97.0 Å². The van der Waals surface area contributed by atoms with E-state index in [1.807, 2.05) is 79.4 Å². The van der Waals surface area contributed by atoms with Crippen molar-refractivity contribution in [3.8, 4) is 11.1 Å². The van der Waals surface area contributed by atoms with Crippen molar-refractivity contribution in [3.05, 3.63) is 107 Å². The van der Waals surface area contributed by atoms with Crippen LogP contribution in [0.3, 0.4) is 0 Å². The number of pyridine rings is 1. The molecule has 7 aliphatic rings. The van der Waals surface area contributed by atoms with Gasteiger partial charge in [-0.3, -0.25) is 38.5 Å². The van der Waals surface area contributed by atoms with Crippen molar-refractivity contribution in [2.24, 2.45) is 27.9 Å². The number of piperazine rings is 1. The number of nitrogens with one attached hydrogen (secondary N) is 5. The van der Waals surface area contributed by atoms with Gasteiger partial charge in [-0.1, -0.05) is 63.3 Å². The fraction of sp³-hybridized carbons (Fsp3) is 0.541. The first-order valence-electron chi connectivity index (χ1n) is 35.6. The van der Waals surface area contributed by atoms with E-state index in [1.54, 1.807) is 31.4 Å². The number of ether oxygens (including phenoxy) is 2. The Kier molecular flexibility index (Phi) is 21.2. The van der Waals surface area contributed by atoms with Crippen molar-refractivity contribution in [1.82, 2.24) is 55.7 Å². The molecule has 27 heteroatoms. The smallest absolute Gasteiger partial charge is 0.312 e. The maximum Gasteiger partial charge on any atom is 0.312 e. The summed E-state index contributed by atoms with van der Waals surface area (Å²) in [4.78, 5) is 104. The van der Waals surface area contributed by atoms with Gasteiger partial charge in [-0.25, -0.2) is 14.8 Å². The number of primary amides is 1. The maximum atomic E-state index is 14.0. The van der Waals surface area contributed by atoms with Crippen LogP contribution in [-0.4, -0.2) is 182 Å². The van der Waals surface area contributed by atoms with Gasteiger partial charge in [0.05, 0.1) is 79.2 Å². The molecule has 7 heterocycles. The highest BCUT2D eigenvalue weighted by Gasteiger charge is 2.66. The van der Waals surface area contributed by atoms with E-state index in [2.05, 4.69) is 69.0 Å². The molecule has 4 aliphatic carbocycles. The molecule has 3 aliphatic heterocycles. The quantitative estimate of drug-likeness (QED) is 0.0146. The predicted molar refractivity (Wildman–Crippen MR) is 382 cm³/mol. The molecule has 5 fully saturated rings. The van der Waals surface area contributed by atoms with Gasteiger partial charge in [0.2, 0.25) is 17.7 Å². The number of nitrogens with two attached hydrogens (primary N) is 1. The first-order chi connectivity index (χ1) is 48.2. The molecule has 7 N–H and O–H groups in total. The van der Waals surface area contributed by atoms with Crippen molar-refractivity contribution in [1.29, 1.82) is 0 Å². The summed E-state index contributed by atoms with van der Waals surface area (Å²) >= 11 is 1.56. The van der Waals surface area contributed by atoms with E-state index in [4.69, 9.17) is 35.4 Å². The van der Waals surface area contributed by atoms with Gasteiger partial charge in [0.1, 0.15) is 24.4 Å². The summed E-state index contributed by atoms with van der Waals surface area (Å²) in [7, 11) is 0. The highest BCUT2D eigenvalue weighted by Crippen LogP contribution is 2.72. The van der Waals surface area contributed by atoms with Crippen molar-refractivity contribution in [2.75, 3.05) is 87.7 Å². The van der Waals surface area contributed by atoms with E-state index in [-0.39, 0.29) is 72.6 Å². The molecular weight excluding hydrogens is 1300 g/mol. The number of rotatable bonds is 30. The summed E-state index contributed by atoms with van der Waals surface area (Å²) in [5.41, 5.74) is 11.7. The highest BCUT2D eigenvalue weighted by molar-refractivity contribution is 7.22. The van der Waals surface area contributed by atoms with Gasteiger partial charge >= 0.3 is 6.03 Å². The minimum Gasteiger partial charge on any atom is -0.543 e. The number of thiazole rings is 1. The predicted octanol–water partition coefficient (Wildman–Crippen LogP) is 7.37. The summed E-state index contributed by atoms with van der Waals surface area (Å²) in [6.07, 6.45) is 12.5. The Bertz CT molecular complexity index is 4080. The summed E-state index contributed by atoms with van der Waals surface area (Å²) in [6.45, 7) is 24.8. The lowest BCUT2D eigenvalue weighted by molar-refractivity contribution is -0.963. The number of hydrogen-bond donors (Lipinski definition) is 6. The second kappa shape index (κ2) is 29.7. The molecule has 0 radical (unpaired) electrons. The zero-order chi connectivity index (χ0) is 71.6.